The molecule has 0 bridgehead atoms. The van der Waals surface area contributed by atoms with Crippen LogP contribution in [0, 0.1) is 10.1 Å². The van der Waals surface area contributed by atoms with Crippen LogP contribution in [0.15, 0.2) is 42.5 Å². The minimum atomic E-state index is -0.954. The minimum Gasteiger partial charge on any atom is -0.490 e. The number of hydrogen-bond acceptors (Lipinski definition) is 7. The van der Waals surface area contributed by atoms with Crippen LogP contribution in [0.25, 0.3) is 0 Å². The van der Waals surface area contributed by atoms with Crippen molar-refractivity contribution in [2.75, 3.05) is 25.1 Å². The first kappa shape index (κ1) is 20.7. The Kier molecular flexibility index (Phi) is 7.32. The lowest BCUT2D eigenvalue weighted by atomic mass is 10.2. The Balaban J connectivity index is 2.00. The molecule has 2 aromatic carbocycles. The Bertz CT molecular complexity index is 867. The van der Waals surface area contributed by atoms with Gasteiger partial charge in [0.25, 0.3) is 11.6 Å². The Labute approximate surface area is 161 Å². The molecule has 28 heavy (non-hydrogen) atoms. The van der Waals surface area contributed by atoms with Gasteiger partial charge < -0.3 is 19.5 Å². The van der Waals surface area contributed by atoms with Gasteiger partial charge in [0.05, 0.1) is 18.1 Å². The second kappa shape index (κ2) is 9.91. The van der Waals surface area contributed by atoms with E-state index in [0.717, 1.165) is 0 Å². The number of nitrogens with zero attached hydrogens (tertiary/aromatic N) is 1. The van der Waals surface area contributed by atoms with Gasteiger partial charge in [0, 0.05) is 17.8 Å². The van der Waals surface area contributed by atoms with Crippen LogP contribution in [-0.4, -0.2) is 36.6 Å². The number of carbonyl (C=O) groups excluding carboxylic acids is 2. The largest absolute Gasteiger partial charge is 0.490 e. The number of rotatable bonds is 9. The van der Waals surface area contributed by atoms with Gasteiger partial charge in [-0.05, 0) is 32.0 Å². The summed E-state index contributed by atoms with van der Waals surface area (Å²) in [4.78, 5) is 34.4. The van der Waals surface area contributed by atoms with E-state index in [1.165, 1.54) is 24.3 Å². The number of carbonyl (C=O) groups is 2. The maximum Gasteiger partial charge on any atom is 0.345 e. The van der Waals surface area contributed by atoms with E-state index in [0.29, 0.717) is 30.4 Å². The van der Waals surface area contributed by atoms with Crippen molar-refractivity contribution in [3.63, 3.8) is 0 Å². The average Bonchev–Trinajstić information content (AvgIpc) is 2.68. The maximum absolute atomic E-state index is 12.1. The second-order valence-corrected chi connectivity index (χ2v) is 5.43. The molecule has 0 aromatic heterocycles. The number of para-hydroxylation sites is 1. The predicted octanol–water partition coefficient (Wildman–Crippen LogP) is 3.19. The molecular weight excluding hydrogens is 368 g/mol. The van der Waals surface area contributed by atoms with Crippen molar-refractivity contribution >= 4 is 23.3 Å². The molecule has 0 heterocycles. The summed E-state index contributed by atoms with van der Waals surface area (Å²) in [5.74, 6) is -0.535. The fourth-order valence-electron chi connectivity index (χ4n) is 2.34. The first-order valence-corrected chi connectivity index (χ1v) is 8.56. The molecule has 0 saturated heterocycles. The number of nitro benzene ring substituents is 1. The lowest BCUT2D eigenvalue weighted by molar-refractivity contribution is -0.385. The van der Waals surface area contributed by atoms with Crippen LogP contribution >= 0.6 is 0 Å². The number of nitrogens with one attached hydrogen (secondary N) is 1. The Morgan fingerprint density at radius 1 is 1.04 bits per heavy atom. The van der Waals surface area contributed by atoms with Crippen LogP contribution in [0.5, 0.6) is 11.5 Å². The molecule has 0 radical (unpaired) electrons. The summed E-state index contributed by atoms with van der Waals surface area (Å²) < 4.78 is 15.8. The first-order chi connectivity index (χ1) is 13.5. The van der Waals surface area contributed by atoms with Crippen LogP contribution in [0.1, 0.15) is 24.2 Å². The molecule has 0 atom stereocenters. The molecule has 2 aromatic rings. The fraction of sp³-hybridized carbons (Fsp3) is 0.263. The highest BCUT2D eigenvalue weighted by Crippen LogP contribution is 2.30. The lowest BCUT2D eigenvalue weighted by Crippen LogP contribution is -2.21. The molecule has 0 fully saturated rings. The highest BCUT2D eigenvalue weighted by molar-refractivity contribution is 5.97. The first-order valence-electron chi connectivity index (χ1n) is 8.56. The zero-order chi connectivity index (χ0) is 20.5. The van der Waals surface area contributed by atoms with Crippen molar-refractivity contribution in [2.24, 2.45) is 0 Å². The van der Waals surface area contributed by atoms with Crippen molar-refractivity contribution < 1.29 is 28.7 Å². The summed E-state index contributed by atoms with van der Waals surface area (Å²) >= 11 is 0. The van der Waals surface area contributed by atoms with Crippen LogP contribution in [0.3, 0.4) is 0 Å². The highest BCUT2D eigenvalue weighted by atomic mass is 16.6. The molecule has 9 nitrogen and oxygen atoms in total. The van der Waals surface area contributed by atoms with Gasteiger partial charge in [0.1, 0.15) is 5.56 Å². The summed E-state index contributed by atoms with van der Waals surface area (Å²) in [6, 6.07) is 10.2. The zero-order valence-corrected chi connectivity index (χ0v) is 15.5. The Hall–Kier alpha value is -3.62. The van der Waals surface area contributed by atoms with E-state index in [9.17, 15) is 19.7 Å². The third-order valence-corrected chi connectivity index (χ3v) is 3.48. The van der Waals surface area contributed by atoms with Crippen molar-refractivity contribution in [3.05, 3.63) is 58.1 Å². The molecule has 2 rings (SSSR count). The molecule has 148 valence electrons. The number of anilines is 1. The molecule has 0 aliphatic rings. The van der Waals surface area contributed by atoms with Gasteiger partial charge in [-0.1, -0.05) is 12.1 Å². The van der Waals surface area contributed by atoms with E-state index in [1.807, 2.05) is 13.8 Å². The number of esters is 1. The summed E-state index contributed by atoms with van der Waals surface area (Å²) in [7, 11) is 0. The monoisotopic (exact) mass is 388 g/mol. The van der Waals surface area contributed by atoms with Gasteiger partial charge in [0.2, 0.25) is 0 Å². The predicted molar refractivity (Wildman–Crippen MR) is 101 cm³/mol. The number of amides is 1. The molecule has 1 amide bonds. The molecule has 1 N–H and O–H groups in total. The van der Waals surface area contributed by atoms with E-state index in [2.05, 4.69) is 5.32 Å². The number of ether oxygens (including phenoxy) is 3. The quantitative estimate of drug-likeness (QED) is 0.398. The molecule has 0 unspecified atom stereocenters. The van der Waals surface area contributed by atoms with Gasteiger partial charge in [-0.15, -0.1) is 0 Å². The number of nitro groups is 1. The number of hydrogen-bond donors (Lipinski definition) is 1. The van der Waals surface area contributed by atoms with Crippen LogP contribution < -0.4 is 14.8 Å². The van der Waals surface area contributed by atoms with E-state index in [1.54, 1.807) is 18.2 Å². The third kappa shape index (κ3) is 5.44. The van der Waals surface area contributed by atoms with E-state index in [-0.39, 0.29) is 11.3 Å². The highest BCUT2D eigenvalue weighted by Gasteiger charge is 2.21. The fourth-order valence-corrected chi connectivity index (χ4v) is 2.34. The van der Waals surface area contributed by atoms with Gasteiger partial charge in [0.15, 0.2) is 18.1 Å². The van der Waals surface area contributed by atoms with Gasteiger partial charge in [-0.3, -0.25) is 14.9 Å². The second-order valence-electron chi connectivity index (χ2n) is 5.43. The standard InChI is InChI=1S/C19H20N2O7/c1-3-26-16-10-9-13(11-17(16)27-4-2)20-18(22)12-28-19(23)14-7-5-6-8-15(14)21(24)25/h5-11H,3-4,12H2,1-2H3,(H,20,22). The summed E-state index contributed by atoms with van der Waals surface area (Å²) in [6.45, 7) is 3.96. The van der Waals surface area contributed by atoms with Crippen molar-refractivity contribution in [1.29, 1.82) is 0 Å². The van der Waals surface area contributed by atoms with Crippen molar-refractivity contribution in [2.45, 2.75) is 13.8 Å². The van der Waals surface area contributed by atoms with Crippen LogP contribution in [0.2, 0.25) is 0 Å². The van der Waals surface area contributed by atoms with Crippen molar-refractivity contribution in [3.8, 4) is 11.5 Å². The van der Waals surface area contributed by atoms with Crippen molar-refractivity contribution in [1.82, 2.24) is 0 Å². The average molecular weight is 388 g/mol. The van der Waals surface area contributed by atoms with E-state index >= 15 is 0 Å². The normalized spacial score (nSPS) is 10.1. The molecule has 0 aliphatic heterocycles. The molecule has 0 aliphatic carbocycles. The molecule has 0 saturated carbocycles. The summed E-state index contributed by atoms with van der Waals surface area (Å²) in [5.41, 5.74) is -0.181. The molecule has 9 heteroatoms. The Morgan fingerprint density at radius 3 is 2.39 bits per heavy atom. The lowest BCUT2D eigenvalue weighted by Gasteiger charge is -2.13. The molecule has 0 spiro atoms. The van der Waals surface area contributed by atoms with Crippen LogP contribution in [0.4, 0.5) is 11.4 Å². The smallest absolute Gasteiger partial charge is 0.345 e. The van der Waals surface area contributed by atoms with Crippen LogP contribution in [-0.2, 0) is 9.53 Å². The SMILES string of the molecule is CCOc1ccc(NC(=O)COC(=O)c2ccccc2[N+](=O)[O-])cc1OCC. The van der Waals surface area contributed by atoms with Gasteiger partial charge in [-0.25, -0.2) is 4.79 Å². The Morgan fingerprint density at radius 2 is 1.71 bits per heavy atom. The topological polar surface area (TPSA) is 117 Å². The molecular formula is C19H20N2O7. The minimum absolute atomic E-state index is 0.222. The summed E-state index contributed by atoms with van der Waals surface area (Å²) in [6.07, 6.45) is 0. The van der Waals surface area contributed by atoms with E-state index in [4.69, 9.17) is 14.2 Å². The van der Waals surface area contributed by atoms with Gasteiger partial charge >= 0.3 is 5.97 Å². The zero-order valence-electron chi connectivity index (χ0n) is 15.5. The van der Waals surface area contributed by atoms with Gasteiger partial charge in [-0.2, -0.15) is 0 Å². The van der Waals surface area contributed by atoms with E-state index < -0.39 is 23.4 Å². The number of benzene rings is 2. The third-order valence-electron chi connectivity index (χ3n) is 3.48. The maximum atomic E-state index is 12.1. The summed E-state index contributed by atoms with van der Waals surface area (Å²) in [5, 5.41) is 13.5.